The van der Waals surface area contributed by atoms with Crippen LogP contribution < -0.4 is 11.1 Å². The Balaban J connectivity index is 1.66. The molecule has 1 atom stereocenters. The number of nitrogens with one attached hydrogen (secondary N) is 1. The minimum Gasteiger partial charge on any atom is -0.449 e. The third-order valence-corrected chi connectivity index (χ3v) is 6.83. The van der Waals surface area contributed by atoms with Crippen LogP contribution in [0, 0.1) is 0 Å². The van der Waals surface area contributed by atoms with Gasteiger partial charge in [0.05, 0.1) is 34.4 Å². The first-order chi connectivity index (χ1) is 14.7. The van der Waals surface area contributed by atoms with Crippen molar-refractivity contribution < 1.29 is 27.5 Å². The van der Waals surface area contributed by atoms with Crippen LogP contribution in [0.25, 0.3) is 0 Å². The second-order valence-corrected chi connectivity index (χ2v) is 9.16. The van der Waals surface area contributed by atoms with Crippen LogP contribution >= 0.6 is 11.6 Å². The molecule has 31 heavy (non-hydrogen) atoms. The number of sulfonamides is 1. The van der Waals surface area contributed by atoms with Crippen molar-refractivity contribution in [2.45, 2.75) is 17.9 Å². The van der Waals surface area contributed by atoms with E-state index >= 15 is 0 Å². The van der Waals surface area contributed by atoms with Gasteiger partial charge >= 0.3 is 5.97 Å². The van der Waals surface area contributed by atoms with Crippen LogP contribution in [0.15, 0.2) is 47.4 Å². The summed E-state index contributed by atoms with van der Waals surface area (Å²) in [6, 6.07) is 10.1. The van der Waals surface area contributed by atoms with Crippen LogP contribution in [-0.2, 0) is 24.3 Å². The van der Waals surface area contributed by atoms with Gasteiger partial charge in [-0.2, -0.15) is 4.31 Å². The predicted octanol–water partition coefficient (Wildman–Crippen LogP) is 2.13. The summed E-state index contributed by atoms with van der Waals surface area (Å²) < 4.78 is 37.3. The van der Waals surface area contributed by atoms with Crippen molar-refractivity contribution in [3.05, 3.63) is 53.1 Å². The normalized spacial score (nSPS) is 15.8. The maximum absolute atomic E-state index is 12.8. The summed E-state index contributed by atoms with van der Waals surface area (Å²) in [6.07, 6.45) is -1.14. The largest absolute Gasteiger partial charge is 0.449 e. The van der Waals surface area contributed by atoms with Crippen LogP contribution in [0.2, 0.25) is 5.02 Å². The van der Waals surface area contributed by atoms with E-state index in [1.54, 1.807) is 6.07 Å². The van der Waals surface area contributed by atoms with E-state index in [-0.39, 0.29) is 34.9 Å². The SMILES string of the molecule is CC(OC(=O)c1ccc(Cl)c(N)c1)C(=O)Nc1cccc(S(=O)(=O)N2CCOCC2)c1. The zero-order chi connectivity index (χ0) is 22.6. The van der Waals surface area contributed by atoms with Crippen molar-refractivity contribution in [3.8, 4) is 0 Å². The molecule has 0 radical (unpaired) electrons. The Kier molecular flexibility index (Phi) is 7.16. The van der Waals surface area contributed by atoms with E-state index in [1.807, 2.05) is 0 Å². The summed E-state index contributed by atoms with van der Waals surface area (Å²) in [5.74, 6) is -1.36. The highest BCUT2D eigenvalue weighted by atomic mass is 35.5. The molecule has 1 aliphatic heterocycles. The molecule has 2 aromatic carbocycles. The predicted molar refractivity (Wildman–Crippen MR) is 115 cm³/mol. The maximum Gasteiger partial charge on any atom is 0.338 e. The van der Waals surface area contributed by atoms with E-state index < -0.39 is 28.0 Å². The minimum absolute atomic E-state index is 0.0495. The van der Waals surface area contributed by atoms with Gasteiger partial charge in [-0.05, 0) is 43.3 Å². The van der Waals surface area contributed by atoms with Gasteiger partial charge in [-0.1, -0.05) is 17.7 Å². The number of carbonyl (C=O) groups is 2. The first-order valence-electron chi connectivity index (χ1n) is 9.43. The molecule has 11 heteroatoms. The van der Waals surface area contributed by atoms with E-state index in [9.17, 15) is 18.0 Å². The zero-order valence-electron chi connectivity index (χ0n) is 16.7. The van der Waals surface area contributed by atoms with Gasteiger partial charge in [0.2, 0.25) is 10.0 Å². The summed E-state index contributed by atoms with van der Waals surface area (Å²) >= 11 is 5.83. The number of morpholine rings is 1. The number of nitrogens with two attached hydrogens (primary N) is 1. The molecule has 0 aromatic heterocycles. The van der Waals surface area contributed by atoms with Crippen molar-refractivity contribution in [2.24, 2.45) is 0 Å². The summed E-state index contributed by atoms with van der Waals surface area (Å²) in [4.78, 5) is 24.7. The third-order valence-electron chi connectivity index (χ3n) is 4.59. The number of esters is 1. The molecular weight excluding hydrogens is 446 g/mol. The van der Waals surface area contributed by atoms with Crippen molar-refractivity contribution in [1.82, 2.24) is 4.31 Å². The summed E-state index contributed by atoms with van der Waals surface area (Å²) in [6.45, 7) is 2.60. The van der Waals surface area contributed by atoms with E-state index in [0.717, 1.165) is 0 Å². The molecular formula is C20H22ClN3O6S. The number of hydrogen-bond donors (Lipinski definition) is 2. The van der Waals surface area contributed by atoms with E-state index in [0.29, 0.717) is 18.2 Å². The van der Waals surface area contributed by atoms with Gasteiger partial charge in [0, 0.05) is 18.8 Å². The molecule has 1 unspecified atom stereocenters. The Morgan fingerprint density at radius 1 is 1.19 bits per heavy atom. The highest BCUT2D eigenvalue weighted by molar-refractivity contribution is 7.89. The summed E-state index contributed by atoms with van der Waals surface area (Å²) in [5, 5.41) is 2.87. The quantitative estimate of drug-likeness (QED) is 0.492. The summed E-state index contributed by atoms with van der Waals surface area (Å²) in [5.41, 5.74) is 6.31. The molecule has 1 heterocycles. The first kappa shape index (κ1) is 23.0. The Hall–Kier alpha value is -2.66. The van der Waals surface area contributed by atoms with E-state index in [4.69, 9.17) is 26.8 Å². The fourth-order valence-corrected chi connectivity index (χ4v) is 4.44. The molecule has 3 N–H and O–H groups in total. The fraction of sp³-hybridized carbons (Fsp3) is 0.300. The number of carbonyl (C=O) groups excluding carboxylic acids is 2. The number of rotatable bonds is 6. The Bertz CT molecular complexity index is 1090. The maximum atomic E-state index is 12.8. The van der Waals surface area contributed by atoms with E-state index in [2.05, 4.69) is 5.32 Å². The topological polar surface area (TPSA) is 128 Å². The van der Waals surface area contributed by atoms with Crippen molar-refractivity contribution in [2.75, 3.05) is 37.4 Å². The van der Waals surface area contributed by atoms with Gasteiger partial charge in [0.15, 0.2) is 6.10 Å². The van der Waals surface area contributed by atoms with Gasteiger partial charge in [0.25, 0.3) is 5.91 Å². The van der Waals surface area contributed by atoms with Crippen molar-refractivity contribution in [3.63, 3.8) is 0 Å². The standard InChI is InChI=1S/C20H22ClN3O6S/c1-13(30-20(26)14-5-6-17(21)18(22)11-14)19(25)23-15-3-2-4-16(12-15)31(27,28)24-7-9-29-10-8-24/h2-6,11-13H,7-10,22H2,1H3,(H,23,25). The molecule has 1 saturated heterocycles. The molecule has 1 aliphatic rings. The molecule has 3 rings (SSSR count). The monoisotopic (exact) mass is 467 g/mol. The molecule has 0 saturated carbocycles. The van der Waals surface area contributed by atoms with Crippen LogP contribution in [0.1, 0.15) is 17.3 Å². The van der Waals surface area contributed by atoms with Crippen molar-refractivity contribution in [1.29, 1.82) is 0 Å². The molecule has 0 aliphatic carbocycles. The lowest BCUT2D eigenvalue weighted by atomic mass is 10.2. The molecule has 9 nitrogen and oxygen atoms in total. The van der Waals surface area contributed by atoms with Crippen LogP contribution in [0.4, 0.5) is 11.4 Å². The minimum atomic E-state index is -3.71. The lowest BCUT2D eigenvalue weighted by Gasteiger charge is -2.26. The fourth-order valence-electron chi connectivity index (χ4n) is 2.87. The van der Waals surface area contributed by atoms with Crippen molar-refractivity contribution >= 4 is 44.9 Å². The number of amides is 1. The number of nitrogens with zero attached hydrogens (tertiary/aromatic N) is 1. The number of benzene rings is 2. The second kappa shape index (κ2) is 9.65. The molecule has 1 amide bonds. The molecule has 1 fully saturated rings. The van der Waals surface area contributed by atoms with Crippen LogP contribution in [0.3, 0.4) is 0 Å². The molecule has 0 bridgehead atoms. The lowest BCUT2D eigenvalue weighted by Crippen LogP contribution is -2.40. The first-order valence-corrected chi connectivity index (χ1v) is 11.2. The summed E-state index contributed by atoms with van der Waals surface area (Å²) in [7, 11) is -3.71. The van der Waals surface area contributed by atoms with Crippen LogP contribution in [-0.4, -0.2) is 57.0 Å². The molecule has 2 aromatic rings. The smallest absolute Gasteiger partial charge is 0.338 e. The molecule has 166 valence electrons. The van der Waals surface area contributed by atoms with Gasteiger partial charge in [0.1, 0.15) is 0 Å². The van der Waals surface area contributed by atoms with Gasteiger partial charge in [-0.25, -0.2) is 13.2 Å². The average Bonchev–Trinajstić information content (AvgIpc) is 2.76. The van der Waals surface area contributed by atoms with Crippen LogP contribution in [0.5, 0.6) is 0 Å². The Morgan fingerprint density at radius 3 is 2.58 bits per heavy atom. The highest BCUT2D eigenvalue weighted by Crippen LogP contribution is 2.22. The Labute approximate surface area is 185 Å². The second-order valence-electron chi connectivity index (χ2n) is 6.82. The van der Waals surface area contributed by atoms with Gasteiger partial charge in [-0.15, -0.1) is 0 Å². The number of nitrogen functional groups attached to an aromatic ring is 1. The highest BCUT2D eigenvalue weighted by Gasteiger charge is 2.27. The third kappa shape index (κ3) is 5.53. The van der Waals surface area contributed by atoms with E-state index in [1.165, 1.54) is 47.6 Å². The Morgan fingerprint density at radius 2 is 1.90 bits per heavy atom. The number of halogens is 1. The lowest BCUT2D eigenvalue weighted by molar-refractivity contribution is -0.123. The number of anilines is 2. The van der Waals surface area contributed by atoms with Gasteiger partial charge in [-0.3, -0.25) is 4.79 Å². The molecule has 0 spiro atoms. The average molecular weight is 468 g/mol. The number of hydrogen-bond acceptors (Lipinski definition) is 7. The van der Waals surface area contributed by atoms with Gasteiger partial charge < -0.3 is 20.5 Å². The number of ether oxygens (including phenoxy) is 2. The zero-order valence-corrected chi connectivity index (χ0v) is 18.3.